The number of ether oxygens (including phenoxy) is 1. The van der Waals surface area contributed by atoms with Crippen LogP contribution in [0.5, 0.6) is 5.75 Å². The molecule has 3 aromatic carbocycles. The number of nitrogens with one attached hydrogen (secondary N) is 1. The minimum Gasteiger partial charge on any atom is -0.497 e. The molecule has 0 spiro atoms. The molecule has 0 saturated heterocycles. The van der Waals surface area contributed by atoms with Crippen LogP contribution in [-0.2, 0) is 26.1 Å². The maximum absolute atomic E-state index is 14.0. The standard InChI is InChI=1S/C35H35N7O2/c1-24-11-12-25(2)32-30(24)20-31(35(43)37-32)33(34-38-39-40-42(34)19-17-26-8-5-4-6-9-26)41(23-28-10-7-18-36-21-28)22-27-13-15-29(44-3)16-14-27/h4-16,18,20-21,33H,17,19,22-23H2,1-3H3,(H,37,43)/t33-/m0/s1. The molecule has 0 aliphatic rings. The highest BCUT2D eigenvalue weighted by molar-refractivity contribution is 5.85. The average Bonchev–Trinajstić information content (AvgIpc) is 3.52. The molecule has 0 amide bonds. The summed E-state index contributed by atoms with van der Waals surface area (Å²) in [6.45, 7) is 5.68. The zero-order valence-electron chi connectivity index (χ0n) is 25.1. The summed E-state index contributed by atoms with van der Waals surface area (Å²) >= 11 is 0. The molecule has 0 saturated carbocycles. The van der Waals surface area contributed by atoms with Gasteiger partial charge in [-0.15, -0.1) is 5.10 Å². The van der Waals surface area contributed by atoms with E-state index in [1.807, 2.05) is 84.5 Å². The minimum absolute atomic E-state index is 0.167. The van der Waals surface area contributed by atoms with Gasteiger partial charge in [0.2, 0.25) is 0 Å². The van der Waals surface area contributed by atoms with Crippen molar-refractivity contribution in [2.75, 3.05) is 7.11 Å². The highest BCUT2D eigenvalue weighted by atomic mass is 16.5. The van der Waals surface area contributed by atoms with Gasteiger partial charge >= 0.3 is 0 Å². The van der Waals surface area contributed by atoms with Crippen molar-refractivity contribution in [3.8, 4) is 5.75 Å². The first-order valence-electron chi connectivity index (χ1n) is 14.7. The Labute approximate surface area is 256 Å². The van der Waals surface area contributed by atoms with E-state index >= 15 is 0 Å². The van der Waals surface area contributed by atoms with Gasteiger partial charge in [0.15, 0.2) is 5.82 Å². The Balaban J connectivity index is 1.50. The summed E-state index contributed by atoms with van der Waals surface area (Å²) in [7, 11) is 1.66. The van der Waals surface area contributed by atoms with Gasteiger partial charge in [0.05, 0.1) is 12.6 Å². The van der Waals surface area contributed by atoms with Crippen LogP contribution in [0.4, 0.5) is 0 Å². The quantitative estimate of drug-likeness (QED) is 0.212. The van der Waals surface area contributed by atoms with E-state index in [2.05, 4.69) is 55.5 Å². The zero-order chi connectivity index (χ0) is 30.5. The second-order valence-electron chi connectivity index (χ2n) is 11.1. The summed E-state index contributed by atoms with van der Waals surface area (Å²) < 4.78 is 7.23. The third kappa shape index (κ3) is 6.28. The molecule has 44 heavy (non-hydrogen) atoms. The molecule has 6 aromatic rings. The smallest absolute Gasteiger partial charge is 0.253 e. The van der Waals surface area contributed by atoms with E-state index in [1.54, 1.807) is 13.3 Å². The Morgan fingerprint density at radius 2 is 1.64 bits per heavy atom. The van der Waals surface area contributed by atoms with Crippen LogP contribution in [0.25, 0.3) is 10.9 Å². The number of hydrogen-bond donors (Lipinski definition) is 1. The number of H-pyrrole nitrogens is 1. The number of aromatic amines is 1. The maximum Gasteiger partial charge on any atom is 0.253 e. The maximum atomic E-state index is 14.0. The summed E-state index contributed by atoms with van der Waals surface area (Å²) in [4.78, 5) is 23.8. The lowest BCUT2D eigenvalue weighted by molar-refractivity contribution is 0.193. The van der Waals surface area contributed by atoms with E-state index < -0.39 is 6.04 Å². The molecule has 0 radical (unpaired) electrons. The number of methoxy groups -OCH3 is 1. The lowest BCUT2D eigenvalue weighted by Crippen LogP contribution is -2.35. The van der Waals surface area contributed by atoms with Gasteiger partial charge in [0.1, 0.15) is 11.8 Å². The normalized spacial score (nSPS) is 12.1. The van der Waals surface area contributed by atoms with Crippen molar-refractivity contribution in [2.45, 2.75) is 45.9 Å². The summed E-state index contributed by atoms with van der Waals surface area (Å²) in [6, 6.07) is 27.8. The van der Waals surface area contributed by atoms with Crippen molar-refractivity contribution in [2.24, 2.45) is 0 Å². The second-order valence-corrected chi connectivity index (χ2v) is 11.1. The second kappa shape index (κ2) is 13.0. The first kappa shape index (κ1) is 28.9. The van der Waals surface area contributed by atoms with Gasteiger partial charge in [-0.3, -0.25) is 14.7 Å². The van der Waals surface area contributed by atoms with Gasteiger partial charge in [0.25, 0.3) is 5.56 Å². The highest BCUT2D eigenvalue weighted by Crippen LogP contribution is 2.31. The van der Waals surface area contributed by atoms with Crippen LogP contribution in [0.3, 0.4) is 0 Å². The van der Waals surface area contributed by atoms with E-state index in [1.165, 1.54) is 5.56 Å². The van der Waals surface area contributed by atoms with E-state index in [-0.39, 0.29) is 5.56 Å². The first-order chi connectivity index (χ1) is 21.5. The molecule has 1 N–H and O–H groups in total. The van der Waals surface area contributed by atoms with Crippen molar-refractivity contribution in [1.82, 2.24) is 35.1 Å². The van der Waals surface area contributed by atoms with Crippen molar-refractivity contribution in [3.05, 3.63) is 147 Å². The fourth-order valence-electron chi connectivity index (χ4n) is 5.67. The average molecular weight is 586 g/mol. The van der Waals surface area contributed by atoms with Gasteiger partial charge in [-0.1, -0.05) is 60.7 Å². The molecule has 9 nitrogen and oxygen atoms in total. The number of nitrogens with zero attached hydrogens (tertiary/aromatic N) is 6. The van der Waals surface area contributed by atoms with Crippen molar-refractivity contribution < 1.29 is 4.74 Å². The third-order valence-corrected chi connectivity index (χ3v) is 8.04. The van der Waals surface area contributed by atoms with Gasteiger partial charge in [-0.25, -0.2) is 4.68 Å². The predicted molar refractivity (Wildman–Crippen MR) is 170 cm³/mol. The van der Waals surface area contributed by atoms with Crippen LogP contribution in [-0.4, -0.2) is 42.2 Å². The summed E-state index contributed by atoms with van der Waals surface area (Å²) in [6.07, 6.45) is 4.37. The lowest BCUT2D eigenvalue weighted by atomic mass is 9.98. The summed E-state index contributed by atoms with van der Waals surface area (Å²) in [5.41, 5.74) is 6.62. The van der Waals surface area contributed by atoms with Crippen LogP contribution < -0.4 is 10.3 Å². The molecule has 0 fully saturated rings. The van der Waals surface area contributed by atoms with Crippen LogP contribution >= 0.6 is 0 Å². The Bertz CT molecular complexity index is 1900. The number of tetrazole rings is 1. The monoisotopic (exact) mass is 585 g/mol. The molecule has 0 aliphatic heterocycles. The topological polar surface area (TPSA) is 102 Å². The first-order valence-corrected chi connectivity index (χ1v) is 14.7. The predicted octanol–water partition coefficient (Wildman–Crippen LogP) is 5.57. The molecule has 6 rings (SSSR count). The van der Waals surface area contributed by atoms with Crippen LogP contribution in [0.2, 0.25) is 0 Å². The van der Waals surface area contributed by atoms with E-state index in [0.717, 1.165) is 45.3 Å². The molecule has 0 bridgehead atoms. The molecule has 0 unspecified atom stereocenters. The molecular formula is C35H35N7O2. The number of aryl methyl sites for hydroxylation is 4. The van der Waals surface area contributed by atoms with Gasteiger partial charge < -0.3 is 9.72 Å². The Morgan fingerprint density at radius 3 is 2.39 bits per heavy atom. The largest absolute Gasteiger partial charge is 0.497 e. The molecular weight excluding hydrogens is 550 g/mol. The van der Waals surface area contributed by atoms with Crippen molar-refractivity contribution in [1.29, 1.82) is 0 Å². The SMILES string of the molecule is COc1ccc(CN(Cc2cccnc2)[C@@H](c2cc3c(C)ccc(C)c3[nH]c2=O)c2nnnn2CCc2ccccc2)cc1. The minimum atomic E-state index is -0.559. The molecule has 3 heterocycles. The van der Waals surface area contributed by atoms with Crippen LogP contribution in [0.1, 0.15) is 45.2 Å². The third-order valence-electron chi connectivity index (χ3n) is 8.04. The lowest BCUT2D eigenvalue weighted by Gasteiger charge is -2.31. The molecule has 1 atom stereocenters. The fourth-order valence-corrected chi connectivity index (χ4v) is 5.67. The number of fused-ring (bicyclic) bond motifs is 1. The van der Waals surface area contributed by atoms with Crippen LogP contribution in [0.15, 0.2) is 102 Å². The number of benzene rings is 3. The Hall–Kier alpha value is -5.15. The molecule has 3 aromatic heterocycles. The summed E-state index contributed by atoms with van der Waals surface area (Å²) in [5.74, 6) is 1.39. The number of hydrogen-bond acceptors (Lipinski definition) is 7. The zero-order valence-corrected chi connectivity index (χ0v) is 25.1. The summed E-state index contributed by atoms with van der Waals surface area (Å²) in [5, 5.41) is 14.1. The van der Waals surface area contributed by atoms with Crippen LogP contribution in [0, 0.1) is 13.8 Å². The fraction of sp³-hybridized carbons (Fsp3) is 0.229. The van der Waals surface area contributed by atoms with E-state index in [0.29, 0.717) is 31.0 Å². The molecule has 9 heteroatoms. The van der Waals surface area contributed by atoms with E-state index in [4.69, 9.17) is 4.74 Å². The highest BCUT2D eigenvalue weighted by Gasteiger charge is 2.31. The molecule has 0 aliphatic carbocycles. The Kier molecular flexibility index (Phi) is 8.56. The van der Waals surface area contributed by atoms with Crippen molar-refractivity contribution in [3.63, 3.8) is 0 Å². The van der Waals surface area contributed by atoms with Gasteiger partial charge in [-0.05, 0) is 82.8 Å². The van der Waals surface area contributed by atoms with Crippen molar-refractivity contribution >= 4 is 10.9 Å². The Morgan fingerprint density at radius 1 is 0.886 bits per heavy atom. The van der Waals surface area contributed by atoms with Gasteiger partial charge in [-0.2, -0.15) is 0 Å². The number of pyridine rings is 2. The molecule has 222 valence electrons. The number of aromatic nitrogens is 6. The number of rotatable bonds is 11. The van der Waals surface area contributed by atoms with E-state index in [9.17, 15) is 4.79 Å². The van der Waals surface area contributed by atoms with Gasteiger partial charge in [0, 0.05) is 43.0 Å².